The first-order valence-corrected chi connectivity index (χ1v) is 6.52. The predicted molar refractivity (Wildman–Crippen MR) is 77.2 cm³/mol. The average molecular weight is 279 g/mol. The van der Waals surface area contributed by atoms with Crippen LogP contribution in [0.5, 0.6) is 0 Å². The van der Waals surface area contributed by atoms with Gasteiger partial charge in [0.2, 0.25) is 5.91 Å². The number of aryl methyl sites for hydroxylation is 2. The third kappa shape index (κ3) is 4.35. The molecule has 5 heteroatoms. The third-order valence-corrected chi connectivity index (χ3v) is 3.15. The summed E-state index contributed by atoms with van der Waals surface area (Å²) in [6.45, 7) is 5.49. The van der Waals surface area contributed by atoms with Crippen LogP contribution >= 0.6 is 0 Å². The Balaban J connectivity index is 2.86. The highest BCUT2D eigenvalue weighted by Crippen LogP contribution is 2.23. The summed E-state index contributed by atoms with van der Waals surface area (Å²) in [4.78, 5) is 23.1. The monoisotopic (exact) mass is 279 g/mol. The van der Waals surface area contributed by atoms with E-state index in [9.17, 15) is 14.7 Å². The van der Waals surface area contributed by atoms with Gasteiger partial charge in [-0.25, -0.2) is 4.79 Å². The van der Waals surface area contributed by atoms with E-state index in [1.54, 1.807) is 20.1 Å². The van der Waals surface area contributed by atoms with Gasteiger partial charge in [-0.1, -0.05) is 6.07 Å². The number of methoxy groups -OCH3 is 1. The van der Waals surface area contributed by atoms with Gasteiger partial charge in [0.15, 0.2) is 0 Å². The van der Waals surface area contributed by atoms with Gasteiger partial charge in [0, 0.05) is 13.5 Å². The largest absolute Gasteiger partial charge is 0.478 e. The summed E-state index contributed by atoms with van der Waals surface area (Å²) < 4.78 is 5.08. The molecule has 0 heterocycles. The Kier molecular flexibility index (Phi) is 5.70. The molecule has 5 nitrogen and oxygen atoms in total. The number of hydrogen-bond acceptors (Lipinski definition) is 3. The number of rotatable bonds is 6. The summed E-state index contributed by atoms with van der Waals surface area (Å²) in [7, 11) is 1.59. The maximum atomic E-state index is 11.9. The molecule has 110 valence electrons. The van der Waals surface area contributed by atoms with Crippen LogP contribution in [-0.2, 0) is 9.53 Å². The van der Waals surface area contributed by atoms with Crippen LogP contribution in [0, 0.1) is 13.8 Å². The summed E-state index contributed by atoms with van der Waals surface area (Å²) in [5.41, 5.74) is 2.09. The van der Waals surface area contributed by atoms with Crippen LogP contribution in [-0.4, -0.2) is 30.2 Å². The minimum absolute atomic E-state index is 0.00110. The van der Waals surface area contributed by atoms with Crippen LogP contribution in [0.4, 0.5) is 5.69 Å². The molecule has 0 saturated carbocycles. The fraction of sp³-hybridized carbons (Fsp3) is 0.467. The van der Waals surface area contributed by atoms with E-state index in [1.165, 1.54) is 0 Å². The van der Waals surface area contributed by atoms with Crippen molar-refractivity contribution in [1.29, 1.82) is 0 Å². The van der Waals surface area contributed by atoms with Crippen molar-refractivity contribution in [2.24, 2.45) is 0 Å². The van der Waals surface area contributed by atoms with E-state index in [0.29, 0.717) is 18.5 Å². The molecule has 0 bridgehead atoms. The number of hydrogen-bond donors (Lipinski definition) is 2. The second-order valence-electron chi connectivity index (χ2n) is 4.94. The fourth-order valence-corrected chi connectivity index (χ4v) is 1.96. The zero-order valence-corrected chi connectivity index (χ0v) is 12.3. The number of anilines is 1. The van der Waals surface area contributed by atoms with Gasteiger partial charge in [0.1, 0.15) is 0 Å². The molecule has 1 rings (SSSR count). The van der Waals surface area contributed by atoms with Gasteiger partial charge < -0.3 is 15.2 Å². The highest BCUT2D eigenvalue weighted by molar-refractivity contribution is 6.01. The van der Waals surface area contributed by atoms with E-state index in [-0.39, 0.29) is 17.6 Å². The molecule has 0 saturated heterocycles. The van der Waals surface area contributed by atoms with E-state index in [0.717, 1.165) is 11.1 Å². The van der Waals surface area contributed by atoms with Gasteiger partial charge in [-0.3, -0.25) is 4.79 Å². The van der Waals surface area contributed by atoms with E-state index in [1.807, 2.05) is 19.9 Å². The minimum atomic E-state index is -1.04. The molecule has 1 aromatic rings. The molecule has 20 heavy (non-hydrogen) atoms. The summed E-state index contributed by atoms with van der Waals surface area (Å²) in [6, 6.07) is 3.41. The molecule has 0 aliphatic carbocycles. The number of carbonyl (C=O) groups excluding carboxylic acids is 1. The van der Waals surface area contributed by atoms with Crippen LogP contribution in [0.25, 0.3) is 0 Å². The second-order valence-corrected chi connectivity index (χ2v) is 4.94. The molecule has 2 N–H and O–H groups in total. The summed E-state index contributed by atoms with van der Waals surface area (Å²) in [6.07, 6.45) is 0.885. The van der Waals surface area contributed by atoms with Gasteiger partial charge in [0.25, 0.3) is 0 Å². The molecular formula is C15H21NO4. The SMILES string of the molecule is COC(C)CCC(=O)Nc1c(C)cc(C)cc1C(=O)O. The van der Waals surface area contributed by atoms with Gasteiger partial charge in [-0.2, -0.15) is 0 Å². The Morgan fingerprint density at radius 3 is 2.55 bits per heavy atom. The number of carbonyl (C=O) groups is 2. The Morgan fingerprint density at radius 2 is 2.00 bits per heavy atom. The minimum Gasteiger partial charge on any atom is -0.478 e. The summed E-state index contributed by atoms with van der Waals surface area (Å²) in [5.74, 6) is -1.25. The number of aromatic carboxylic acids is 1. The zero-order chi connectivity index (χ0) is 15.3. The van der Waals surface area contributed by atoms with Crippen molar-refractivity contribution >= 4 is 17.6 Å². The number of ether oxygens (including phenoxy) is 1. The maximum absolute atomic E-state index is 11.9. The van der Waals surface area contributed by atoms with Gasteiger partial charge in [0.05, 0.1) is 17.4 Å². The molecule has 0 spiro atoms. The summed E-state index contributed by atoms with van der Waals surface area (Å²) >= 11 is 0. The van der Waals surface area contributed by atoms with Gasteiger partial charge in [-0.05, 0) is 44.4 Å². The smallest absolute Gasteiger partial charge is 0.337 e. The van der Waals surface area contributed by atoms with Crippen molar-refractivity contribution in [2.75, 3.05) is 12.4 Å². The van der Waals surface area contributed by atoms with Crippen molar-refractivity contribution in [3.05, 3.63) is 28.8 Å². The van der Waals surface area contributed by atoms with E-state index in [2.05, 4.69) is 5.32 Å². The highest BCUT2D eigenvalue weighted by atomic mass is 16.5. The lowest BCUT2D eigenvalue weighted by Gasteiger charge is -2.14. The quantitative estimate of drug-likeness (QED) is 0.839. The normalized spacial score (nSPS) is 12.0. The Bertz CT molecular complexity index is 511. The van der Waals surface area contributed by atoms with Crippen molar-refractivity contribution in [2.45, 2.75) is 39.7 Å². The second kappa shape index (κ2) is 7.05. The topological polar surface area (TPSA) is 75.6 Å². The van der Waals surface area contributed by atoms with Crippen molar-refractivity contribution in [3.63, 3.8) is 0 Å². The number of amides is 1. The van der Waals surface area contributed by atoms with Crippen molar-refractivity contribution in [1.82, 2.24) is 0 Å². The lowest BCUT2D eigenvalue weighted by molar-refractivity contribution is -0.116. The highest BCUT2D eigenvalue weighted by Gasteiger charge is 2.16. The van der Waals surface area contributed by atoms with Crippen LogP contribution < -0.4 is 5.32 Å². The molecule has 0 radical (unpaired) electrons. The standard InChI is InChI=1S/C15H21NO4/c1-9-7-10(2)14(12(8-9)15(18)19)16-13(17)6-5-11(3)20-4/h7-8,11H,5-6H2,1-4H3,(H,16,17)(H,18,19). The molecule has 1 amide bonds. The molecule has 0 aromatic heterocycles. The van der Waals surface area contributed by atoms with E-state index < -0.39 is 5.97 Å². The van der Waals surface area contributed by atoms with E-state index in [4.69, 9.17) is 4.74 Å². The molecule has 1 aromatic carbocycles. The first-order chi connectivity index (χ1) is 9.35. The molecular weight excluding hydrogens is 258 g/mol. The Morgan fingerprint density at radius 1 is 1.35 bits per heavy atom. The van der Waals surface area contributed by atoms with Crippen LogP contribution in [0.2, 0.25) is 0 Å². The van der Waals surface area contributed by atoms with Crippen molar-refractivity contribution in [3.8, 4) is 0 Å². The number of benzene rings is 1. The first-order valence-electron chi connectivity index (χ1n) is 6.52. The van der Waals surface area contributed by atoms with Gasteiger partial charge >= 0.3 is 5.97 Å². The molecule has 0 fully saturated rings. The average Bonchev–Trinajstić information content (AvgIpc) is 2.38. The van der Waals surface area contributed by atoms with Gasteiger partial charge in [-0.15, -0.1) is 0 Å². The molecule has 0 aliphatic rings. The molecule has 1 unspecified atom stereocenters. The predicted octanol–water partition coefficient (Wildman–Crippen LogP) is 2.76. The molecule has 0 aliphatic heterocycles. The van der Waals surface area contributed by atoms with Crippen molar-refractivity contribution < 1.29 is 19.4 Å². The number of carboxylic acids is 1. The fourth-order valence-electron chi connectivity index (χ4n) is 1.96. The molecule has 1 atom stereocenters. The Labute approximate surface area is 118 Å². The maximum Gasteiger partial charge on any atom is 0.337 e. The lowest BCUT2D eigenvalue weighted by atomic mass is 10.0. The lowest BCUT2D eigenvalue weighted by Crippen LogP contribution is -2.18. The third-order valence-electron chi connectivity index (χ3n) is 3.15. The first kappa shape index (κ1) is 16.2. The number of nitrogens with one attached hydrogen (secondary N) is 1. The zero-order valence-electron chi connectivity index (χ0n) is 12.3. The van der Waals surface area contributed by atoms with Crippen LogP contribution in [0.3, 0.4) is 0 Å². The Hall–Kier alpha value is -1.88. The van der Waals surface area contributed by atoms with E-state index >= 15 is 0 Å². The summed E-state index contributed by atoms with van der Waals surface area (Å²) in [5, 5.41) is 11.9. The number of carboxylic acid groups (broad SMARTS) is 1. The van der Waals surface area contributed by atoms with Crippen LogP contribution in [0.15, 0.2) is 12.1 Å². The van der Waals surface area contributed by atoms with Crippen LogP contribution in [0.1, 0.15) is 41.3 Å².